The zero-order chi connectivity index (χ0) is 13.6. The Kier molecular flexibility index (Phi) is 7.66. The SMILES string of the molecule is CS(=O)(=O)c1cccc(C(=O)NCCCCN)c1.Cl. The molecular formula is C12H19ClN2O3S. The molecule has 19 heavy (non-hydrogen) atoms. The molecule has 0 aliphatic heterocycles. The third-order valence-corrected chi connectivity index (χ3v) is 3.55. The van der Waals surface area contributed by atoms with Crippen LogP contribution in [0.1, 0.15) is 23.2 Å². The van der Waals surface area contributed by atoms with E-state index in [0.717, 1.165) is 19.1 Å². The Morgan fingerprint density at radius 1 is 1.32 bits per heavy atom. The van der Waals surface area contributed by atoms with Crippen molar-refractivity contribution >= 4 is 28.2 Å². The first-order valence-corrected chi connectivity index (χ1v) is 7.62. The lowest BCUT2D eigenvalue weighted by atomic mass is 10.2. The molecule has 3 N–H and O–H groups in total. The van der Waals surface area contributed by atoms with E-state index in [2.05, 4.69) is 5.32 Å². The van der Waals surface area contributed by atoms with Gasteiger partial charge in [0.15, 0.2) is 9.84 Å². The van der Waals surface area contributed by atoms with Crippen molar-refractivity contribution in [2.75, 3.05) is 19.3 Å². The van der Waals surface area contributed by atoms with Crippen LogP contribution in [0.15, 0.2) is 29.2 Å². The van der Waals surface area contributed by atoms with Crippen molar-refractivity contribution in [1.29, 1.82) is 0 Å². The molecule has 0 heterocycles. The molecule has 0 aliphatic rings. The fourth-order valence-corrected chi connectivity index (χ4v) is 2.11. The van der Waals surface area contributed by atoms with Crippen LogP contribution in [0.3, 0.4) is 0 Å². The van der Waals surface area contributed by atoms with Gasteiger partial charge in [-0.1, -0.05) is 6.07 Å². The van der Waals surface area contributed by atoms with Crippen LogP contribution in [0.2, 0.25) is 0 Å². The summed E-state index contributed by atoms with van der Waals surface area (Å²) in [5, 5.41) is 2.72. The lowest BCUT2D eigenvalue weighted by Crippen LogP contribution is -2.25. The van der Waals surface area contributed by atoms with Crippen molar-refractivity contribution in [2.45, 2.75) is 17.7 Å². The summed E-state index contributed by atoms with van der Waals surface area (Å²) in [5.74, 6) is -0.266. The van der Waals surface area contributed by atoms with Crippen LogP contribution in [0, 0.1) is 0 Å². The molecule has 0 saturated heterocycles. The number of hydrogen-bond acceptors (Lipinski definition) is 4. The van der Waals surface area contributed by atoms with Gasteiger partial charge in [0.1, 0.15) is 0 Å². The lowest BCUT2D eigenvalue weighted by molar-refractivity contribution is 0.0953. The zero-order valence-electron chi connectivity index (χ0n) is 10.8. The molecule has 0 atom stereocenters. The molecule has 0 aliphatic carbocycles. The normalized spacial score (nSPS) is 10.6. The van der Waals surface area contributed by atoms with E-state index in [-0.39, 0.29) is 23.2 Å². The van der Waals surface area contributed by atoms with Gasteiger partial charge in [-0.25, -0.2) is 8.42 Å². The summed E-state index contributed by atoms with van der Waals surface area (Å²) in [6.07, 6.45) is 2.78. The molecule has 1 amide bonds. The van der Waals surface area contributed by atoms with E-state index in [1.807, 2.05) is 0 Å². The highest BCUT2D eigenvalue weighted by Crippen LogP contribution is 2.11. The number of nitrogens with one attached hydrogen (secondary N) is 1. The quantitative estimate of drug-likeness (QED) is 0.767. The van der Waals surface area contributed by atoms with Crippen LogP contribution in [0.4, 0.5) is 0 Å². The predicted molar refractivity (Wildman–Crippen MR) is 77.4 cm³/mol. The fourth-order valence-electron chi connectivity index (χ4n) is 1.44. The second kappa shape index (κ2) is 8.14. The monoisotopic (exact) mass is 306 g/mol. The number of amides is 1. The Morgan fingerprint density at radius 3 is 2.58 bits per heavy atom. The van der Waals surface area contributed by atoms with Crippen LogP contribution in [-0.4, -0.2) is 33.7 Å². The van der Waals surface area contributed by atoms with Gasteiger partial charge in [-0.05, 0) is 37.6 Å². The highest BCUT2D eigenvalue weighted by molar-refractivity contribution is 7.90. The topological polar surface area (TPSA) is 89.3 Å². The van der Waals surface area contributed by atoms with Crippen molar-refractivity contribution in [3.05, 3.63) is 29.8 Å². The number of unbranched alkanes of at least 4 members (excludes halogenated alkanes) is 1. The van der Waals surface area contributed by atoms with Crippen molar-refractivity contribution < 1.29 is 13.2 Å². The van der Waals surface area contributed by atoms with E-state index in [4.69, 9.17) is 5.73 Å². The Balaban J connectivity index is 0.00000324. The van der Waals surface area contributed by atoms with E-state index >= 15 is 0 Å². The number of carbonyl (C=O) groups excluding carboxylic acids is 1. The summed E-state index contributed by atoms with van der Waals surface area (Å²) >= 11 is 0. The highest BCUT2D eigenvalue weighted by Gasteiger charge is 2.10. The van der Waals surface area contributed by atoms with Gasteiger partial charge in [0.2, 0.25) is 0 Å². The molecule has 0 fully saturated rings. The third-order valence-electron chi connectivity index (χ3n) is 2.44. The molecule has 0 saturated carbocycles. The molecule has 0 radical (unpaired) electrons. The second-order valence-electron chi connectivity index (χ2n) is 4.05. The second-order valence-corrected chi connectivity index (χ2v) is 6.07. The number of halogens is 1. The summed E-state index contributed by atoms with van der Waals surface area (Å²) in [6, 6.07) is 6.01. The number of benzene rings is 1. The van der Waals surface area contributed by atoms with Crippen LogP contribution in [-0.2, 0) is 9.84 Å². The maximum absolute atomic E-state index is 11.7. The molecule has 0 unspecified atom stereocenters. The predicted octanol–water partition coefficient (Wildman–Crippen LogP) is 0.981. The zero-order valence-corrected chi connectivity index (χ0v) is 12.4. The average Bonchev–Trinajstić information content (AvgIpc) is 2.33. The molecule has 1 rings (SSSR count). The Bertz CT molecular complexity index is 517. The van der Waals surface area contributed by atoms with E-state index in [9.17, 15) is 13.2 Å². The Morgan fingerprint density at radius 2 is 2.00 bits per heavy atom. The van der Waals surface area contributed by atoms with Gasteiger partial charge in [0, 0.05) is 18.4 Å². The van der Waals surface area contributed by atoms with Gasteiger partial charge < -0.3 is 11.1 Å². The maximum Gasteiger partial charge on any atom is 0.251 e. The molecule has 0 bridgehead atoms. The molecular weight excluding hydrogens is 288 g/mol. The first-order chi connectivity index (χ1) is 8.45. The third kappa shape index (κ3) is 6.04. The average molecular weight is 307 g/mol. The minimum Gasteiger partial charge on any atom is -0.352 e. The summed E-state index contributed by atoms with van der Waals surface area (Å²) in [5.41, 5.74) is 5.70. The number of carbonyl (C=O) groups is 1. The van der Waals surface area contributed by atoms with Crippen LogP contribution in [0.25, 0.3) is 0 Å². The van der Waals surface area contributed by atoms with E-state index in [1.165, 1.54) is 12.1 Å². The summed E-state index contributed by atoms with van der Waals surface area (Å²) in [7, 11) is -3.28. The minimum absolute atomic E-state index is 0. The molecule has 5 nitrogen and oxygen atoms in total. The number of nitrogens with two attached hydrogens (primary N) is 1. The van der Waals surface area contributed by atoms with Gasteiger partial charge in [-0.15, -0.1) is 12.4 Å². The first kappa shape index (κ1) is 17.9. The molecule has 0 spiro atoms. The van der Waals surface area contributed by atoms with Crippen LogP contribution >= 0.6 is 12.4 Å². The fraction of sp³-hybridized carbons (Fsp3) is 0.417. The molecule has 108 valence electrons. The Labute approximate surface area is 119 Å². The number of rotatable bonds is 6. The first-order valence-electron chi connectivity index (χ1n) is 5.73. The summed E-state index contributed by atoms with van der Waals surface area (Å²) < 4.78 is 22.7. The van der Waals surface area contributed by atoms with Crippen molar-refractivity contribution in [3.63, 3.8) is 0 Å². The molecule has 1 aromatic carbocycles. The van der Waals surface area contributed by atoms with Crippen molar-refractivity contribution in [3.8, 4) is 0 Å². The van der Waals surface area contributed by atoms with E-state index < -0.39 is 9.84 Å². The smallest absolute Gasteiger partial charge is 0.251 e. The summed E-state index contributed by atoms with van der Waals surface area (Å²) in [6.45, 7) is 1.14. The van der Waals surface area contributed by atoms with Gasteiger partial charge >= 0.3 is 0 Å². The molecule has 1 aromatic rings. The van der Waals surface area contributed by atoms with E-state index in [0.29, 0.717) is 18.7 Å². The van der Waals surface area contributed by atoms with Crippen molar-refractivity contribution in [1.82, 2.24) is 5.32 Å². The Hall–Kier alpha value is -1.11. The minimum atomic E-state index is -3.28. The maximum atomic E-state index is 11.7. The van der Waals surface area contributed by atoms with Gasteiger partial charge in [-0.3, -0.25) is 4.79 Å². The van der Waals surface area contributed by atoms with Crippen molar-refractivity contribution in [2.24, 2.45) is 5.73 Å². The number of sulfone groups is 1. The van der Waals surface area contributed by atoms with E-state index in [1.54, 1.807) is 12.1 Å². The standard InChI is InChI=1S/C12H18N2O3S.ClH/c1-18(16,17)11-6-4-5-10(9-11)12(15)14-8-3-2-7-13;/h4-6,9H,2-3,7-8,13H2,1H3,(H,14,15);1H. The largest absolute Gasteiger partial charge is 0.352 e. The van der Waals surface area contributed by atoms with Gasteiger partial charge in [0.05, 0.1) is 4.90 Å². The van der Waals surface area contributed by atoms with Gasteiger partial charge in [-0.2, -0.15) is 0 Å². The van der Waals surface area contributed by atoms with Gasteiger partial charge in [0.25, 0.3) is 5.91 Å². The number of hydrogen-bond donors (Lipinski definition) is 2. The van der Waals surface area contributed by atoms with Crippen LogP contribution < -0.4 is 11.1 Å². The lowest BCUT2D eigenvalue weighted by Gasteiger charge is -2.06. The molecule has 7 heteroatoms. The highest BCUT2D eigenvalue weighted by atomic mass is 35.5. The molecule has 0 aromatic heterocycles. The van der Waals surface area contributed by atoms with Crippen LogP contribution in [0.5, 0.6) is 0 Å². The summed E-state index contributed by atoms with van der Waals surface area (Å²) in [4.78, 5) is 11.9.